The molecule has 0 aliphatic carbocycles. The molecule has 0 radical (unpaired) electrons. The highest BCUT2D eigenvalue weighted by Crippen LogP contribution is 2.45. The predicted octanol–water partition coefficient (Wildman–Crippen LogP) is 24.4. The molecule has 0 saturated heterocycles. The van der Waals surface area contributed by atoms with Crippen LogP contribution in [0.2, 0.25) is 0 Å². The average molecular weight is 1510 g/mol. The zero-order valence-electron chi connectivity index (χ0n) is 65.9. The van der Waals surface area contributed by atoms with Crippen LogP contribution in [0.4, 0.5) is 0 Å². The van der Waals surface area contributed by atoms with E-state index >= 15 is 0 Å². The van der Waals surface area contributed by atoms with Crippen molar-refractivity contribution in [1.82, 2.24) is 0 Å². The molecule has 4 N–H and O–H groups in total. The van der Waals surface area contributed by atoms with Gasteiger partial charge in [0.2, 0.25) is 0 Å². The molecule has 0 fully saturated rings. The Bertz CT molecular complexity index is 2490. The largest absolute Gasteiger partial charge is 0.472 e. The first kappa shape index (κ1) is 100. The zero-order chi connectivity index (χ0) is 76.6. The normalized spacial score (nSPS) is 14.7. The van der Waals surface area contributed by atoms with E-state index in [1.54, 1.807) is 0 Å². The van der Waals surface area contributed by atoms with E-state index in [1.807, 2.05) is 0 Å². The van der Waals surface area contributed by atoms with Crippen molar-refractivity contribution < 1.29 is 75.8 Å². The molecule has 0 aromatic carbocycles. The van der Waals surface area contributed by atoms with Crippen LogP contribution in [0.1, 0.15) is 329 Å². The van der Waals surface area contributed by atoms with Crippen molar-refractivity contribution in [3.63, 3.8) is 0 Å². The number of phosphoric ester groups is 2. The Kier molecular flexibility index (Phi) is 75.6. The van der Waals surface area contributed by atoms with E-state index in [4.69, 9.17) is 32.3 Å². The van der Waals surface area contributed by atoms with Crippen LogP contribution in [0, 0.1) is 0 Å². The summed E-state index contributed by atoms with van der Waals surface area (Å²) < 4.78 is 61.2. The highest BCUT2D eigenvalue weighted by molar-refractivity contribution is 7.47. The van der Waals surface area contributed by atoms with Gasteiger partial charge in [0, 0.05) is 19.3 Å². The van der Waals surface area contributed by atoms with Crippen molar-refractivity contribution in [2.45, 2.75) is 347 Å². The fourth-order valence-corrected chi connectivity index (χ4v) is 12.4. The predicted molar refractivity (Wildman–Crippen MR) is 436 cm³/mol. The number of aliphatic hydroxyl groups excluding tert-OH is 2. The maximum absolute atomic E-state index is 13.0. The minimum atomic E-state index is -4.94. The van der Waals surface area contributed by atoms with Crippen LogP contribution in [0.3, 0.4) is 0 Å². The van der Waals surface area contributed by atoms with Crippen molar-refractivity contribution in [3.05, 3.63) is 146 Å². The van der Waals surface area contributed by atoms with Gasteiger partial charge in [0.15, 0.2) is 6.10 Å². The number of ether oxygens (including phenoxy) is 3. The molecule has 0 rings (SSSR count). The van der Waals surface area contributed by atoms with Gasteiger partial charge in [-0.3, -0.25) is 32.5 Å². The first-order chi connectivity index (χ1) is 51.2. The summed E-state index contributed by atoms with van der Waals surface area (Å²) in [6.07, 6.45) is 97.5. The van der Waals surface area contributed by atoms with Gasteiger partial charge in [-0.1, -0.05) is 314 Å². The minimum absolute atomic E-state index is 0.0854. The first-order valence-corrected chi connectivity index (χ1v) is 44.1. The molecule has 0 bridgehead atoms. The summed E-state index contributed by atoms with van der Waals surface area (Å²) in [7, 11) is -9.80. The van der Waals surface area contributed by atoms with E-state index in [1.165, 1.54) is 103 Å². The number of allylic oxidation sites excluding steroid dienone is 24. The van der Waals surface area contributed by atoms with Gasteiger partial charge in [0.1, 0.15) is 25.4 Å². The molecule has 0 spiro atoms. The van der Waals surface area contributed by atoms with Crippen molar-refractivity contribution in [2.24, 2.45) is 0 Å². The molecule has 602 valence electrons. The Labute approximate surface area is 638 Å². The van der Waals surface area contributed by atoms with Gasteiger partial charge < -0.3 is 34.2 Å². The van der Waals surface area contributed by atoms with Crippen LogP contribution in [0.15, 0.2) is 146 Å². The van der Waals surface area contributed by atoms with Crippen LogP contribution >= 0.6 is 15.6 Å². The number of carbonyl (C=O) groups is 3. The topological polar surface area (TPSA) is 231 Å². The molecule has 0 heterocycles. The summed E-state index contributed by atoms with van der Waals surface area (Å²) in [4.78, 5) is 58.7. The standard InChI is InChI=1S/C87H148O16P2/c1-4-7-10-13-16-19-22-25-28-30-32-34-36-38-40-42-44-46-48-50-53-55-58-61-64-67-70-73-85(90)97-76-82(88)77-99-104(93,94)100-78-83(89)79-101-105(95,96)102-81-84(103-87(92)75-72-69-66-63-60-57-52-27-24-21-18-15-12-9-6-3)80-98-86(91)74-71-68-65-62-59-56-54-51-49-47-45-43-41-39-37-35-33-31-29-26-23-20-17-14-11-8-5-2/h7-8,10-11,16-21,25-29,32-35,38-41,52,82-84,88-89H,4-6,9,12-15,22-24,30-31,36-37,42-51,53-81H2,1-3H3,(H,93,94)(H,95,96)/b10-7-,11-8-,19-16-,20-17-,21-18-,28-25-,29-26-,34-32-,35-33-,40-38-,41-39-,52-27-. The molecular formula is C87H148O16P2. The van der Waals surface area contributed by atoms with E-state index in [-0.39, 0.29) is 19.3 Å². The number of phosphoric acid groups is 2. The van der Waals surface area contributed by atoms with E-state index in [9.17, 15) is 43.5 Å². The van der Waals surface area contributed by atoms with Gasteiger partial charge in [-0.05, 0) is 141 Å². The highest BCUT2D eigenvalue weighted by atomic mass is 31.2. The monoisotopic (exact) mass is 1510 g/mol. The van der Waals surface area contributed by atoms with Crippen LogP contribution in [-0.2, 0) is 55.8 Å². The lowest BCUT2D eigenvalue weighted by Gasteiger charge is -2.21. The van der Waals surface area contributed by atoms with E-state index in [2.05, 4.69) is 167 Å². The first-order valence-electron chi connectivity index (χ1n) is 41.1. The molecule has 0 aromatic rings. The fraction of sp³-hybridized carbons (Fsp3) is 0.690. The summed E-state index contributed by atoms with van der Waals surface area (Å²) >= 11 is 0. The van der Waals surface area contributed by atoms with Gasteiger partial charge >= 0.3 is 33.6 Å². The third-order valence-corrected chi connectivity index (χ3v) is 18.9. The maximum Gasteiger partial charge on any atom is 0.472 e. The molecule has 105 heavy (non-hydrogen) atoms. The number of carbonyl (C=O) groups excluding carboxylic acids is 3. The molecule has 0 aliphatic rings. The average Bonchev–Trinajstić information content (AvgIpc) is 0.942. The SMILES string of the molecule is CC/C=C\C/C=C\C/C=C\C/C=C\C/C=C\CCCCCCCCCCCCCC(=O)OCC(O)COP(=O)(O)OCC(O)COP(=O)(O)OCC(COC(=O)CCCCCCCCCCCCC/C=C\C/C=C\C/C=C\C/C=C\C/C=C\CC)OC(=O)CCCCCCC/C=C\C/C=C\CCCCC. The number of hydrogen-bond donors (Lipinski definition) is 4. The second-order valence-electron chi connectivity index (χ2n) is 27.2. The van der Waals surface area contributed by atoms with Crippen LogP contribution in [0.5, 0.6) is 0 Å². The number of rotatable bonds is 77. The molecular weight excluding hydrogens is 1360 g/mol. The molecule has 0 aliphatic heterocycles. The molecule has 0 amide bonds. The third-order valence-electron chi connectivity index (χ3n) is 17.0. The number of aliphatic hydroxyl groups is 2. The van der Waals surface area contributed by atoms with Gasteiger partial charge in [-0.25, -0.2) is 9.13 Å². The Hall–Kier alpha value is -4.57. The third kappa shape index (κ3) is 80.3. The lowest BCUT2D eigenvalue weighted by molar-refractivity contribution is -0.161. The fourth-order valence-electron chi connectivity index (χ4n) is 10.8. The molecule has 16 nitrogen and oxygen atoms in total. The summed E-state index contributed by atoms with van der Waals surface area (Å²) in [5.74, 6) is -1.59. The summed E-state index contributed by atoms with van der Waals surface area (Å²) in [5, 5.41) is 20.7. The summed E-state index contributed by atoms with van der Waals surface area (Å²) in [6, 6.07) is 0. The summed E-state index contributed by atoms with van der Waals surface area (Å²) in [5.41, 5.74) is 0. The van der Waals surface area contributed by atoms with E-state index in [0.29, 0.717) is 19.3 Å². The van der Waals surface area contributed by atoms with Gasteiger partial charge in [0.25, 0.3) is 0 Å². The van der Waals surface area contributed by atoms with Crippen LogP contribution in [-0.4, -0.2) is 95.9 Å². The number of unbranched alkanes of at least 4 members (excludes halogenated alkanes) is 30. The Morgan fingerprint density at radius 3 is 0.800 bits per heavy atom. The molecule has 0 saturated carbocycles. The van der Waals surface area contributed by atoms with Gasteiger partial charge in [-0.2, -0.15) is 0 Å². The zero-order valence-corrected chi connectivity index (χ0v) is 67.6. The molecule has 18 heteroatoms. The molecule has 0 aromatic heterocycles. The maximum atomic E-state index is 13.0. The number of hydrogen-bond acceptors (Lipinski definition) is 14. The van der Waals surface area contributed by atoms with Crippen LogP contribution in [0.25, 0.3) is 0 Å². The number of esters is 3. The van der Waals surface area contributed by atoms with Crippen LogP contribution < -0.4 is 0 Å². The van der Waals surface area contributed by atoms with Crippen molar-refractivity contribution in [1.29, 1.82) is 0 Å². The lowest BCUT2D eigenvalue weighted by Crippen LogP contribution is -2.30. The highest BCUT2D eigenvalue weighted by Gasteiger charge is 2.29. The van der Waals surface area contributed by atoms with Crippen molar-refractivity contribution >= 4 is 33.6 Å². The van der Waals surface area contributed by atoms with E-state index < -0.39 is 91.5 Å². The molecule has 5 unspecified atom stereocenters. The van der Waals surface area contributed by atoms with Gasteiger partial charge in [0.05, 0.1) is 26.4 Å². The second-order valence-corrected chi connectivity index (χ2v) is 30.1. The minimum Gasteiger partial charge on any atom is -0.463 e. The van der Waals surface area contributed by atoms with Crippen molar-refractivity contribution in [3.8, 4) is 0 Å². The Morgan fingerprint density at radius 1 is 0.276 bits per heavy atom. The quantitative estimate of drug-likeness (QED) is 0.0146. The Morgan fingerprint density at radius 2 is 0.505 bits per heavy atom. The Balaban J connectivity index is 4.57. The summed E-state index contributed by atoms with van der Waals surface area (Å²) in [6.45, 7) is 2.42. The smallest absolute Gasteiger partial charge is 0.463 e. The van der Waals surface area contributed by atoms with Gasteiger partial charge in [-0.15, -0.1) is 0 Å². The lowest BCUT2D eigenvalue weighted by atomic mass is 10.0. The van der Waals surface area contributed by atoms with E-state index in [0.717, 1.165) is 167 Å². The second kappa shape index (κ2) is 79.0. The molecule has 5 atom stereocenters. The van der Waals surface area contributed by atoms with Crippen molar-refractivity contribution in [2.75, 3.05) is 39.6 Å².